The van der Waals surface area contributed by atoms with Gasteiger partial charge in [0.15, 0.2) is 73.8 Å². The molecule has 2 N–H and O–H groups in total. The van der Waals surface area contributed by atoms with Crippen LogP contribution in [0.2, 0.25) is 0 Å². The smallest absolute Gasteiger partial charge is 0.338 e. The van der Waals surface area contributed by atoms with Crippen LogP contribution < -0.4 is 0 Å². The van der Waals surface area contributed by atoms with Crippen molar-refractivity contribution in [2.75, 3.05) is 19.8 Å². The number of ether oxygens (including phenoxy) is 14. The molecule has 3 aliphatic rings. The summed E-state index contributed by atoms with van der Waals surface area (Å²) in [5, 5.41) is 23.5. The molecule has 25 heteroatoms. The minimum absolute atomic E-state index is 0.00250. The summed E-state index contributed by atoms with van der Waals surface area (Å²) in [6.45, 7) is -2.89. The zero-order chi connectivity index (χ0) is 73.9. The molecule has 9 aromatic rings. The van der Waals surface area contributed by atoms with Crippen molar-refractivity contribution >= 4 is 53.7 Å². The molecule has 0 spiro atoms. The van der Waals surface area contributed by atoms with E-state index in [-0.39, 0.29) is 50.1 Å². The van der Waals surface area contributed by atoms with Crippen LogP contribution in [0.3, 0.4) is 0 Å². The van der Waals surface area contributed by atoms with Crippen LogP contribution in [0, 0.1) is 0 Å². The lowest BCUT2D eigenvalue weighted by Gasteiger charge is -2.47. The van der Waals surface area contributed by atoms with Crippen molar-refractivity contribution in [3.63, 3.8) is 0 Å². The van der Waals surface area contributed by atoms with E-state index >= 15 is 0 Å². The monoisotopic (exact) mass is 1440 g/mol. The van der Waals surface area contributed by atoms with Gasteiger partial charge in [-0.2, -0.15) is 0 Å². The van der Waals surface area contributed by atoms with Gasteiger partial charge in [-0.3, -0.25) is 0 Å². The Hall–Kier alpha value is -12.1. The maximum atomic E-state index is 14.9. The van der Waals surface area contributed by atoms with Gasteiger partial charge in [0, 0.05) is 0 Å². The van der Waals surface area contributed by atoms with Crippen LogP contribution >= 0.6 is 0 Å². The Bertz CT molecular complexity index is 4430. The normalized spacial score (nSPS) is 23.9. The van der Waals surface area contributed by atoms with Crippen LogP contribution in [0.4, 0.5) is 0 Å². The molecule has 25 nitrogen and oxygen atoms in total. The molecule has 9 aromatic carbocycles. The van der Waals surface area contributed by atoms with Crippen molar-refractivity contribution in [3.8, 4) is 0 Å². The molecule has 0 radical (unpaired) electrons. The molecule has 3 fully saturated rings. The number of carbonyl (C=O) groups is 9. The first-order valence-corrected chi connectivity index (χ1v) is 33.5. The zero-order valence-electron chi connectivity index (χ0n) is 56.0. The standard InChI is InChI=1S/C81H68O25/c82-46-58-61(98-70(83)49-28-10-1-11-29-49)65(102-74(87)53-36-18-5-19-37-53)68(105-77(90)56-42-24-8-25-43-56)80(96-58)94-48-60-63(100-72(85)51-32-14-3-15-33-51)66(103-75(88)54-38-20-6-21-39-54)69(106-78(91)57-44-26-9-27-45-57)81(97-60)93-47-59-62(99-71(84)50-30-12-2-13-31-50)64(101-73(86)52-34-16-4-17-35-52)67(79(92)95-59)104-76(89)55-40-22-7-23-41-55/h1-45,58-69,79-82,92H,46-48H2/t58-,59-,60-,61-,62-,63-,64+,65+,66+,67-,68-,69-,79?,80-,81-/m1/s1. The van der Waals surface area contributed by atoms with Gasteiger partial charge in [-0.1, -0.05) is 164 Å². The number of carbonyl (C=O) groups excluding carboxylic acids is 9. The molecule has 0 amide bonds. The summed E-state index contributed by atoms with van der Waals surface area (Å²) in [6, 6.07) is 68.0. The fourth-order valence-electron chi connectivity index (χ4n) is 11.8. The van der Waals surface area contributed by atoms with Gasteiger partial charge in [0.05, 0.1) is 69.9 Å². The number of hydrogen-bond acceptors (Lipinski definition) is 25. The van der Waals surface area contributed by atoms with Crippen LogP contribution in [-0.4, -0.2) is 176 Å². The highest BCUT2D eigenvalue weighted by Crippen LogP contribution is 2.37. The van der Waals surface area contributed by atoms with Crippen molar-refractivity contribution < 1.29 is 120 Å². The summed E-state index contributed by atoms with van der Waals surface area (Å²) in [7, 11) is 0. The Balaban J connectivity index is 0.968. The third-order valence-corrected chi connectivity index (χ3v) is 17.1. The third-order valence-electron chi connectivity index (χ3n) is 17.1. The van der Waals surface area contributed by atoms with Crippen molar-refractivity contribution in [1.82, 2.24) is 0 Å². The van der Waals surface area contributed by atoms with Gasteiger partial charge in [0.25, 0.3) is 0 Å². The number of rotatable bonds is 25. The van der Waals surface area contributed by atoms with E-state index in [1.807, 2.05) is 0 Å². The Morgan fingerprint density at radius 3 is 0.651 bits per heavy atom. The molecule has 542 valence electrons. The summed E-state index contributed by atoms with van der Waals surface area (Å²) in [4.78, 5) is 130. The predicted molar refractivity (Wildman–Crippen MR) is 368 cm³/mol. The van der Waals surface area contributed by atoms with E-state index in [0.29, 0.717) is 0 Å². The maximum absolute atomic E-state index is 14.9. The second kappa shape index (κ2) is 35.4. The van der Waals surface area contributed by atoms with E-state index in [2.05, 4.69) is 0 Å². The highest BCUT2D eigenvalue weighted by atomic mass is 16.8. The number of hydrogen-bond donors (Lipinski definition) is 2. The lowest BCUT2D eigenvalue weighted by molar-refractivity contribution is -0.337. The predicted octanol–water partition coefficient (Wildman–Crippen LogP) is 9.21. The molecule has 3 aliphatic heterocycles. The highest BCUT2D eigenvalue weighted by molar-refractivity contribution is 5.94. The van der Waals surface area contributed by atoms with Crippen LogP contribution in [0.25, 0.3) is 0 Å². The van der Waals surface area contributed by atoms with Crippen molar-refractivity contribution in [2.24, 2.45) is 0 Å². The van der Waals surface area contributed by atoms with E-state index in [1.54, 1.807) is 127 Å². The molecular weight excluding hydrogens is 1370 g/mol. The molecule has 0 saturated carbocycles. The first kappa shape index (κ1) is 73.7. The van der Waals surface area contributed by atoms with E-state index < -0.39 is 166 Å². The average molecular weight is 1440 g/mol. The molecule has 12 rings (SSSR count). The Kier molecular flexibility index (Phi) is 24.6. The fraction of sp³-hybridized carbons (Fsp3) is 0.222. The number of esters is 9. The van der Waals surface area contributed by atoms with Gasteiger partial charge in [-0.15, -0.1) is 0 Å². The molecule has 1 unspecified atom stereocenters. The van der Waals surface area contributed by atoms with Gasteiger partial charge in [0.2, 0.25) is 0 Å². The summed E-state index contributed by atoms with van der Waals surface area (Å²) in [5.41, 5.74) is -0.271. The summed E-state index contributed by atoms with van der Waals surface area (Å²) >= 11 is 0. The molecule has 106 heavy (non-hydrogen) atoms. The van der Waals surface area contributed by atoms with Crippen molar-refractivity contribution in [3.05, 3.63) is 323 Å². The molecule has 0 aliphatic carbocycles. The molecule has 0 aromatic heterocycles. The molecule has 3 saturated heterocycles. The Morgan fingerprint density at radius 1 is 0.236 bits per heavy atom. The van der Waals surface area contributed by atoms with Crippen molar-refractivity contribution in [2.45, 2.75) is 92.1 Å². The molecule has 0 bridgehead atoms. The average Bonchev–Trinajstić information content (AvgIpc) is 0.777. The zero-order valence-corrected chi connectivity index (χ0v) is 56.0. The van der Waals surface area contributed by atoms with Gasteiger partial charge < -0.3 is 76.5 Å². The quantitative estimate of drug-likeness (QED) is 0.0397. The van der Waals surface area contributed by atoms with E-state index in [9.17, 15) is 53.4 Å². The van der Waals surface area contributed by atoms with E-state index in [0.717, 1.165) is 0 Å². The summed E-state index contributed by atoms with van der Waals surface area (Å²) in [5.74, 6) is -9.41. The van der Waals surface area contributed by atoms with Crippen molar-refractivity contribution in [1.29, 1.82) is 0 Å². The number of aliphatic hydroxyl groups excluding tert-OH is 2. The minimum Gasteiger partial charge on any atom is -0.452 e. The Morgan fingerprint density at radius 2 is 0.415 bits per heavy atom. The van der Waals surface area contributed by atoms with Crippen LogP contribution in [0.15, 0.2) is 273 Å². The Labute approximate surface area is 605 Å². The van der Waals surface area contributed by atoms with Gasteiger partial charge in [-0.25, -0.2) is 43.2 Å². The topological polar surface area (TPSA) is 323 Å². The van der Waals surface area contributed by atoms with E-state index in [1.165, 1.54) is 146 Å². The van der Waals surface area contributed by atoms with Gasteiger partial charge in [-0.05, 0) is 109 Å². The van der Waals surface area contributed by atoms with Crippen LogP contribution in [-0.2, 0) is 66.3 Å². The highest BCUT2D eigenvalue weighted by Gasteiger charge is 2.58. The molecule has 15 atom stereocenters. The second-order valence-electron chi connectivity index (χ2n) is 24.1. The largest absolute Gasteiger partial charge is 0.452 e. The SMILES string of the molecule is O=C(O[C@@H]1[C@@H](OC(=O)c2ccccc2)[C@H](OC[C@H]2O[C@@H](OC[C@H]3OC(O)[C@H](OC(=O)c4ccccc4)[C@@H](OC(=O)c4ccccc4)[C@@H]3OC(=O)c3ccccc3)[C@H](OC(=O)c3ccccc3)[C@@H](OC(=O)c3ccccc3)[C@@H]2OC(=O)c2ccccc2)O[C@H](CO)[C@H]1OC(=O)c1ccccc1)c1ccccc1. The van der Waals surface area contributed by atoms with Gasteiger partial charge >= 0.3 is 53.7 Å². The summed E-state index contributed by atoms with van der Waals surface area (Å²) in [6.07, 6.45) is -29.4. The number of benzene rings is 9. The lowest BCUT2D eigenvalue weighted by atomic mass is 9.96. The maximum Gasteiger partial charge on any atom is 0.338 e. The molecule has 3 heterocycles. The van der Waals surface area contributed by atoms with Crippen LogP contribution in [0.1, 0.15) is 93.2 Å². The minimum atomic E-state index is -2.23. The third kappa shape index (κ3) is 18.3. The second-order valence-corrected chi connectivity index (χ2v) is 24.1. The van der Waals surface area contributed by atoms with E-state index in [4.69, 9.17) is 66.3 Å². The molecular formula is C81H68O25. The lowest BCUT2D eigenvalue weighted by Crippen LogP contribution is -2.66. The first-order valence-electron chi connectivity index (χ1n) is 33.5. The van der Waals surface area contributed by atoms with Crippen LogP contribution in [0.5, 0.6) is 0 Å². The summed E-state index contributed by atoms with van der Waals surface area (Å²) < 4.78 is 88.7. The fourth-order valence-corrected chi connectivity index (χ4v) is 11.8. The number of aliphatic hydroxyl groups is 2. The first-order chi connectivity index (χ1) is 51.7. The van der Waals surface area contributed by atoms with Gasteiger partial charge in [0.1, 0.15) is 18.3 Å².